The molecule has 1 aliphatic rings. The first kappa shape index (κ1) is 17.1. The van der Waals surface area contributed by atoms with Gasteiger partial charge in [0.15, 0.2) is 0 Å². The van der Waals surface area contributed by atoms with Crippen LogP contribution in [0.3, 0.4) is 0 Å². The van der Waals surface area contributed by atoms with Crippen molar-refractivity contribution >= 4 is 45.8 Å². The van der Waals surface area contributed by atoms with Crippen molar-refractivity contribution < 1.29 is 9.59 Å². The Morgan fingerprint density at radius 2 is 2.19 bits per heavy atom. The molecule has 0 bridgehead atoms. The molecule has 8 heteroatoms. The van der Waals surface area contributed by atoms with Crippen LogP contribution >= 0.6 is 22.9 Å². The van der Waals surface area contributed by atoms with E-state index in [1.807, 2.05) is 17.0 Å². The van der Waals surface area contributed by atoms with E-state index in [0.717, 1.165) is 28.8 Å². The molecular weight excluding hydrogens is 372 g/mol. The maximum absolute atomic E-state index is 12.8. The van der Waals surface area contributed by atoms with Crippen LogP contribution in [0.4, 0.5) is 0 Å². The predicted octanol–water partition coefficient (Wildman–Crippen LogP) is 3.28. The number of aromatic nitrogens is 2. The van der Waals surface area contributed by atoms with E-state index in [2.05, 4.69) is 9.97 Å². The minimum Gasteiger partial charge on any atom is -0.365 e. The first-order valence-electron chi connectivity index (χ1n) is 8.34. The molecule has 0 spiro atoms. The van der Waals surface area contributed by atoms with Crippen LogP contribution in [0.2, 0.25) is 5.02 Å². The van der Waals surface area contributed by atoms with Crippen molar-refractivity contribution in [3.63, 3.8) is 0 Å². The molecule has 1 fully saturated rings. The summed E-state index contributed by atoms with van der Waals surface area (Å²) in [5, 5.41) is 0.626. The standard InChI is InChI=1S/C18H17ClN4O2S/c19-10-3-4-11-12(8-10)22-16(21-11)9-17(24)23-7-1-2-13(23)14-5-6-15(26-14)18(20)25/h3-6,8,13H,1-2,7,9H2,(H2,20,25)(H,21,22). The number of hydrogen-bond donors (Lipinski definition) is 2. The summed E-state index contributed by atoms with van der Waals surface area (Å²) >= 11 is 7.36. The highest BCUT2D eigenvalue weighted by Gasteiger charge is 2.31. The molecule has 1 aliphatic heterocycles. The highest BCUT2D eigenvalue weighted by atomic mass is 35.5. The number of likely N-dealkylation sites (tertiary alicyclic amines) is 1. The Kier molecular flexibility index (Phi) is 4.42. The van der Waals surface area contributed by atoms with Gasteiger partial charge in [-0.2, -0.15) is 0 Å². The number of fused-ring (bicyclic) bond motifs is 1. The SMILES string of the molecule is NC(=O)c1ccc(C2CCCN2C(=O)Cc2nc3ccc(Cl)cc3[nH]2)s1. The number of nitrogens with two attached hydrogens (primary N) is 1. The minimum atomic E-state index is -0.432. The Bertz CT molecular complexity index is 996. The number of benzene rings is 1. The van der Waals surface area contributed by atoms with Gasteiger partial charge < -0.3 is 15.6 Å². The summed E-state index contributed by atoms with van der Waals surface area (Å²) in [4.78, 5) is 35.2. The Morgan fingerprint density at radius 3 is 2.96 bits per heavy atom. The van der Waals surface area contributed by atoms with E-state index >= 15 is 0 Å². The third kappa shape index (κ3) is 3.20. The predicted molar refractivity (Wildman–Crippen MR) is 101 cm³/mol. The summed E-state index contributed by atoms with van der Waals surface area (Å²) in [7, 11) is 0. The average Bonchev–Trinajstić information content (AvgIpc) is 3.32. The number of carbonyl (C=O) groups is 2. The second kappa shape index (κ2) is 6.74. The Labute approximate surface area is 159 Å². The number of thiophene rings is 1. The van der Waals surface area contributed by atoms with Gasteiger partial charge in [0.05, 0.1) is 28.4 Å². The third-order valence-electron chi connectivity index (χ3n) is 4.58. The quantitative estimate of drug-likeness (QED) is 0.718. The number of aromatic amines is 1. The monoisotopic (exact) mass is 388 g/mol. The number of nitrogens with one attached hydrogen (secondary N) is 1. The fourth-order valence-corrected chi connectivity index (χ4v) is 4.57. The van der Waals surface area contributed by atoms with E-state index < -0.39 is 5.91 Å². The van der Waals surface area contributed by atoms with E-state index in [0.29, 0.717) is 22.3 Å². The molecule has 3 aromatic rings. The largest absolute Gasteiger partial charge is 0.365 e. The first-order chi connectivity index (χ1) is 12.5. The lowest BCUT2D eigenvalue weighted by Gasteiger charge is -2.23. The van der Waals surface area contributed by atoms with Crippen molar-refractivity contribution in [2.24, 2.45) is 5.73 Å². The average molecular weight is 389 g/mol. The van der Waals surface area contributed by atoms with Crippen molar-refractivity contribution in [3.05, 3.63) is 50.9 Å². The van der Waals surface area contributed by atoms with Gasteiger partial charge in [-0.15, -0.1) is 11.3 Å². The molecule has 1 aromatic carbocycles. The van der Waals surface area contributed by atoms with Crippen molar-refractivity contribution in [3.8, 4) is 0 Å². The van der Waals surface area contributed by atoms with E-state index in [-0.39, 0.29) is 18.4 Å². The molecule has 2 aromatic heterocycles. The van der Waals surface area contributed by atoms with Gasteiger partial charge in [-0.05, 0) is 43.2 Å². The molecule has 3 heterocycles. The minimum absolute atomic E-state index is 0.000534. The number of carbonyl (C=O) groups excluding carboxylic acids is 2. The highest BCUT2D eigenvalue weighted by molar-refractivity contribution is 7.14. The normalized spacial score (nSPS) is 17.1. The summed E-state index contributed by atoms with van der Waals surface area (Å²) in [6.45, 7) is 0.708. The van der Waals surface area contributed by atoms with Crippen LogP contribution in [0.15, 0.2) is 30.3 Å². The molecule has 0 saturated carbocycles. The summed E-state index contributed by atoms with van der Waals surface area (Å²) in [5.74, 6) is 0.214. The fraction of sp³-hybridized carbons (Fsp3) is 0.278. The van der Waals surface area contributed by atoms with E-state index in [1.165, 1.54) is 11.3 Å². The topological polar surface area (TPSA) is 92.1 Å². The molecular formula is C18H17ClN4O2S. The van der Waals surface area contributed by atoms with E-state index in [1.54, 1.807) is 18.2 Å². The Balaban J connectivity index is 1.53. The summed E-state index contributed by atoms with van der Waals surface area (Å²) in [6.07, 6.45) is 2.03. The lowest BCUT2D eigenvalue weighted by Crippen LogP contribution is -2.31. The maximum Gasteiger partial charge on any atom is 0.258 e. The Hall–Kier alpha value is -2.38. The summed E-state index contributed by atoms with van der Waals surface area (Å²) < 4.78 is 0. The van der Waals surface area contributed by atoms with E-state index in [9.17, 15) is 9.59 Å². The number of amides is 2. The molecule has 26 heavy (non-hydrogen) atoms. The Morgan fingerprint density at radius 1 is 1.35 bits per heavy atom. The van der Waals surface area contributed by atoms with Crippen molar-refractivity contribution in [1.82, 2.24) is 14.9 Å². The number of hydrogen-bond acceptors (Lipinski definition) is 4. The van der Waals surface area contributed by atoms with E-state index in [4.69, 9.17) is 17.3 Å². The second-order valence-corrected chi connectivity index (χ2v) is 7.88. The van der Waals surface area contributed by atoms with Gasteiger partial charge in [-0.3, -0.25) is 9.59 Å². The summed E-state index contributed by atoms with van der Waals surface area (Å²) in [5.41, 5.74) is 6.95. The van der Waals surface area contributed by atoms with Crippen LogP contribution in [-0.2, 0) is 11.2 Å². The van der Waals surface area contributed by atoms with Crippen LogP contribution in [0.5, 0.6) is 0 Å². The van der Waals surface area contributed by atoms with Crippen LogP contribution < -0.4 is 5.73 Å². The van der Waals surface area contributed by atoms with Gasteiger partial charge >= 0.3 is 0 Å². The molecule has 0 aliphatic carbocycles. The number of imidazole rings is 1. The number of nitrogens with zero attached hydrogens (tertiary/aromatic N) is 2. The van der Waals surface area contributed by atoms with Gasteiger partial charge in [0.1, 0.15) is 5.82 Å². The van der Waals surface area contributed by atoms with Gasteiger partial charge in [-0.25, -0.2) is 4.98 Å². The molecule has 1 atom stereocenters. The maximum atomic E-state index is 12.8. The molecule has 4 rings (SSSR count). The molecule has 3 N–H and O–H groups in total. The molecule has 2 amide bonds. The first-order valence-corrected chi connectivity index (χ1v) is 9.54. The number of halogens is 1. The number of rotatable bonds is 4. The second-order valence-electron chi connectivity index (χ2n) is 6.33. The zero-order chi connectivity index (χ0) is 18.3. The van der Waals surface area contributed by atoms with Crippen molar-refractivity contribution in [2.75, 3.05) is 6.54 Å². The smallest absolute Gasteiger partial charge is 0.258 e. The molecule has 1 saturated heterocycles. The molecule has 0 radical (unpaired) electrons. The van der Waals surface area contributed by atoms with Gasteiger partial charge in [0, 0.05) is 16.4 Å². The van der Waals surface area contributed by atoms with Crippen LogP contribution in [0.1, 0.15) is 39.3 Å². The van der Waals surface area contributed by atoms with Crippen LogP contribution in [-0.4, -0.2) is 33.2 Å². The zero-order valence-electron chi connectivity index (χ0n) is 13.9. The lowest BCUT2D eigenvalue weighted by molar-refractivity contribution is -0.131. The van der Waals surface area contributed by atoms with Crippen molar-refractivity contribution in [1.29, 1.82) is 0 Å². The highest BCUT2D eigenvalue weighted by Crippen LogP contribution is 2.36. The zero-order valence-corrected chi connectivity index (χ0v) is 15.4. The number of H-pyrrole nitrogens is 1. The molecule has 1 unspecified atom stereocenters. The molecule has 134 valence electrons. The van der Waals surface area contributed by atoms with Crippen molar-refractivity contribution in [2.45, 2.75) is 25.3 Å². The van der Waals surface area contributed by atoms with Gasteiger partial charge in [0.25, 0.3) is 5.91 Å². The summed E-state index contributed by atoms with van der Waals surface area (Å²) in [6, 6.07) is 9.03. The third-order valence-corrected chi connectivity index (χ3v) is 6.02. The van der Waals surface area contributed by atoms with Crippen LogP contribution in [0, 0.1) is 0 Å². The lowest BCUT2D eigenvalue weighted by atomic mass is 10.2. The van der Waals surface area contributed by atoms with Gasteiger partial charge in [0.2, 0.25) is 5.91 Å². The fourth-order valence-electron chi connectivity index (χ4n) is 3.39. The van der Waals surface area contributed by atoms with Gasteiger partial charge in [-0.1, -0.05) is 11.6 Å². The van der Waals surface area contributed by atoms with Crippen LogP contribution in [0.25, 0.3) is 11.0 Å². The number of primary amides is 1. The molecule has 6 nitrogen and oxygen atoms in total.